The zero-order valence-corrected chi connectivity index (χ0v) is 11.5. The van der Waals surface area contributed by atoms with Crippen LogP contribution in [0.4, 0.5) is 4.39 Å². The average Bonchev–Trinajstić information content (AvgIpc) is 2.75. The second-order valence-electron chi connectivity index (χ2n) is 4.12. The Hall–Kier alpha value is -1.24. The number of hydrogen-bond donors (Lipinski definition) is 2. The van der Waals surface area contributed by atoms with E-state index in [0.717, 1.165) is 15.7 Å². The van der Waals surface area contributed by atoms with Gasteiger partial charge in [0.25, 0.3) is 0 Å². The molecule has 1 unspecified atom stereocenters. The summed E-state index contributed by atoms with van der Waals surface area (Å²) in [6.45, 7) is 0. The number of benzene rings is 1. The molecule has 0 amide bonds. The van der Waals surface area contributed by atoms with Crippen LogP contribution in [0.2, 0.25) is 0 Å². The first-order valence-electron chi connectivity index (χ1n) is 5.48. The molecule has 3 N–H and O–H groups in total. The largest absolute Gasteiger partial charge is 0.340 e. The minimum Gasteiger partial charge on any atom is -0.340 e. The van der Waals surface area contributed by atoms with Gasteiger partial charge in [0.1, 0.15) is 5.82 Å². The van der Waals surface area contributed by atoms with E-state index >= 15 is 0 Å². The van der Waals surface area contributed by atoms with Gasteiger partial charge in [-0.3, -0.25) is 11.3 Å². The van der Waals surface area contributed by atoms with Crippen LogP contribution in [0.15, 0.2) is 35.2 Å². The molecule has 1 aromatic heterocycles. The Morgan fingerprint density at radius 1 is 1.56 bits per heavy atom. The zero-order chi connectivity index (χ0) is 13.1. The summed E-state index contributed by atoms with van der Waals surface area (Å²) in [5, 5.41) is 0. The second kappa shape index (κ2) is 5.60. The molecule has 0 saturated heterocycles. The van der Waals surface area contributed by atoms with Gasteiger partial charge >= 0.3 is 0 Å². The summed E-state index contributed by atoms with van der Waals surface area (Å²) in [6, 6.07) is 4.52. The van der Waals surface area contributed by atoms with E-state index in [1.165, 1.54) is 12.1 Å². The number of aromatic nitrogens is 2. The Morgan fingerprint density at radius 3 is 2.89 bits per heavy atom. The summed E-state index contributed by atoms with van der Waals surface area (Å²) in [6.07, 6.45) is 4.26. The molecule has 0 fully saturated rings. The van der Waals surface area contributed by atoms with E-state index < -0.39 is 0 Å². The number of hydrazine groups is 1. The van der Waals surface area contributed by atoms with Crippen molar-refractivity contribution in [1.82, 2.24) is 15.0 Å². The highest BCUT2D eigenvalue weighted by atomic mass is 79.9. The maximum absolute atomic E-state index is 13.0. The number of nitrogens with zero attached hydrogens (tertiary/aromatic N) is 2. The Kier molecular flexibility index (Phi) is 4.11. The molecule has 0 aliphatic rings. The fourth-order valence-electron chi connectivity index (χ4n) is 1.77. The van der Waals surface area contributed by atoms with Crippen LogP contribution < -0.4 is 11.3 Å². The van der Waals surface area contributed by atoms with Gasteiger partial charge in [0.15, 0.2) is 0 Å². The quantitative estimate of drug-likeness (QED) is 0.671. The normalized spacial score (nSPS) is 12.7. The number of rotatable bonds is 4. The summed E-state index contributed by atoms with van der Waals surface area (Å²) in [7, 11) is 1.90. The lowest BCUT2D eigenvalue weighted by Crippen LogP contribution is -2.30. The number of nitrogens with two attached hydrogens (primary N) is 1. The van der Waals surface area contributed by atoms with Crippen LogP contribution in [-0.2, 0) is 13.5 Å². The Labute approximate surface area is 113 Å². The number of nitrogens with one attached hydrogen (secondary N) is 1. The van der Waals surface area contributed by atoms with Gasteiger partial charge in [-0.15, -0.1) is 0 Å². The summed E-state index contributed by atoms with van der Waals surface area (Å²) in [5.74, 6) is 5.29. The van der Waals surface area contributed by atoms with Gasteiger partial charge in [-0.05, 0) is 24.1 Å². The Bertz CT molecular complexity index is 541. The SMILES string of the molecule is Cn1cnc(C(Cc2ccc(F)cc2Br)NN)c1. The van der Waals surface area contributed by atoms with Crippen molar-refractivity contribution in [3.63, 3.8) is 0 Å². The van der Waals surface area contributed by atoms with Crippen molar-refractivity contribution in [2.45, 2.75) is 12.5 Å². The lowest BCUT2D eigenvalue weighted by Gasteiger charge is -2.14. The van der Waals surface area contributed by atoms with Crippen molar-refractivity contribution < 1.29 is 4.39 Å². The molecule has 2 aromatic rings. The predicted molar refractivity (Wildman–Crippen MR) is 71.1 cm³/mol. The molecular formula is C12H14BrFN4. The molecule has 0 saturated carbocycles. The first-order valence-corrected chi connectivity index (χ1v) is 6.27. The van der Waals surface area contributed by atoms with E-state index in [4.69, 9.17) is 5.84 Å². The molecule has 1 atom stereocenters. The van der Waals surface area contributed by atoms with E-state index in [0.29, 0.717) is 6.42 Å². The molecule has 0 radical (unpaired) electrons. The molecule has 2 rings (SSSR count). The third kappa shape index (κ3) is 2.95. The van der Waals surface area contributed by atoms with Crippen LogP contribution in [0.1, 0.15) is 17.3 Å². The molecule has 4 nitrogen and oxygen atoms in total. The number of aryl methyl sites for hydroxylation is 1. The summed E-state index contributed by atoms with van der Waals surface area (Å²) in [4.78, 5) is 4.26. The maximum atomic E-state index is 13.0. The Balaban J connectivity index is 2.20. The van der Waals surface area contributed by atoms with Crippen molar-refractivity contribution >= 4 is 15.9 Å². The van der Waals surface area contributed by atoms with E-state index in [2.05, 4.69) is 26.3 Å². The first-order chi connectivity index (χ1) is 8.60. The fraction of sp³-hybridized carbons (Fsp3) is 0.250. The summed E-state index contributed by atoms with van der Waals surface area (Å²) < 4.78 is 15.6. The smallest absolute Gasteiger partial charge is 0.124 e. The van der Waals surface area contributed by atoms with Crippen LogP contribution in [-0.4, -0.2) is 9.55 Å². The minimum atomic E-state index is -0.263. The Morgan fingerprint density at radius 2 is 2.33 bits per heavy atom. The highest BCUT2D eigenvalue weighted by molar-refractivity contribution is 9.10. The molecular weight excluding hydrogens is 299 g/mol. The van der Waals surface area contributed by atoms with Gasteiger partial charge in [-0.1, -0.05) is 22.0 Å². The first kappa shape index (κ1) is 13.2. The molecule has 0 bridgehead atoms. The van der Waals surface area contributed by atoms with Crippen molar-refractivity contribution in [3.8, 4) is 0 Å². The fourth-order valence-corrected chi connectivity index (χ4v) is 2.28. The predicted octanol–water partition coefficient (Wildman–Crippen LogP) is 2.07. The third-order valence-corrected chi connectivity index (χ3v) is 3.46. The molecule has 18 heavy (non-hydrogen) atoms. The van der Waals surface area contributed by atoms with Crippen LogP contribution in [0.5, 0.6) is 0 Å². The van der Waals surface area contributed by atoms with Crippen LogP contribution in [0.25, 0.3) is 0 Å². The van der Waals surface area contributed by atoms with Gasteiger partial charge in [-0.25, -0.2) is 9.37 Å². The second-order valence-corrected chi connectivity index (χ2v) is 4.98. The summed E-state index contributed by atoms with van der Waals surface area (Å²) in [5.41, 5.74) is 4.57. The summed E-state index contributed by atoms with van der Waals surface area (Å²) >= 11 is 3.35. The van der Waals surface area contributed by atoms with Crippen molar-refractivity contribution in [2.75, 3.05) is 0 Å². The third-order valence-electron chi connectivity index (χ3n) is 2.72. The molecule has 1 aromatic carbocycles. The average molecular weight is 313 g/mol. The minimum absolute atomic E-state index is 0.104. The number of hydrogen-bond acceptors (Lipinski definition) is 3. The molecule has 0 aliphatic heterocycles. The topological polar surface area (TPSA) is 55.9 Å². The number of imidazole rings is 1. The van der Waals surface area contributed by atoms with E-state index in [9.17, 15) is 4.39 Å². The van der Waals surface area contributed by atoms with Gasteiger partial charge in [0.2, 0.25) is 0 Å². The van der Waals surface area contributed by atoms with Crippen molar-refractivity contribution in [2.24, 2.45) is 12.9 Å². The van der Waals surface area contributed by atoms with Crippen LogP contribution in [0, 0.1) is 5.82 Å². The molecule has 96 valence electrons. The van der Waals surface area contributed by atoms with E-state index in [1.807, 2.05) is 17.8 Å². The van der Waals surface area contributed by atoms with E-state index in [-0.39, 0.29) is 11.9 Å². The lowest BCUT2D eigenvalue weighted by atomic mass is 10.0. The standard InChI is InChI=1S/C12H14BrFN4/c1-18-6-12(16-7-18)11(17-15)4-8-2-3-9(14)5-10(8)13/h2-3,5-7,11,17H,4,15H2,1H3. The van der Waals surface area contributed by atoms with Crippen molar-refractivity contribution in [1.29, 1.82) is 0 Å². The number of halogens is 2. The zero-order valence-electron chi connectivity index (χ0n) is 9.90. The molecule has 0 aliphatic carbocycles. The molecule has 0 spiro atoms. The highest BCUT2D eigenvalue weighted by Gasteiger charge is 2.15. The lowest BCUT2D eigenvalue weighted by molar-refractivity contribution is 0.538. The van der Waals surface area contributed by atoms with Gasteiger partial charge in [0, 0.05) is 17.7 Å². The van der Waals surface area contributed by atoms with Crippen LogP contribution >= 0.6 is 15.9 Å². The van der Waals surface area contributed by atoms with Gasteiger partial charge < -0.3 is 4.57 Å². The van der Waals surface area contributed by atoms with Crippen LogP contribution in [0.3, 0.4) is 0 Å². The maximum Gasteiger partial charge on any atom is 0.124 e. The molecule has 6 heteroatoms. The van der Waals surface area contributed by atoms with Gasteiger partial charge in [0.05, 0.1) is 18.1 Å². The highest BCUT2D eigenvalue weighted by Crippen LogP contribution is 2.23. The van der Waals surface area contributed by atoms with Crippen molar-refractivity contribution in [3.05, 3.63) is 52.3 Å². The molecule has 1 heterocycles. The van der Waals surface area contributed by atoms with E-state index in [1.54, 1.807) is 12.4 Å². The van der Waals surface area contributed by atoms with Gasteiger partial charge in [-0.2, -0.15) is 0 Å². The monoisotopic (exact) mass is 312 g/mol.